The zero-order valence-corrected chi connectivity index (χ0v) is 20.4. The number of benzene rings is 3. The van der Waals surface area contributed by atoms with Crippen LogP contribution >= 0.6 is 22.7 Å². The number of carbonyl (C=O) groups is 2. The Bertz CT molecular complexity index is 1410. The van der Waals surface area contributed by atoms with Crippen LogP contribution in [0, 0.1) is 0 Å². The Labute approximate surface area is 205 Å². The molecule has 0 fully saturated rings. The van der Waals surface area contributed by atoms with Crippen molar-refractivity contribution in [2.24, 2.45) is 0 Å². The maximum atomic E-state index is 13.2. The summed E-state index contributed by atoms with van der Waals surface area (Å²) in [5.74, 6) is -0.835. The second kappa shape index (κ2) is 9.41. The van der Waals surface area contributed by atoms with E-state index < -0.39 is 11.9 Å². The number of ether oxygens (including phenoxy) is 2. The van der Waals surface area contributed by atoms with Crippen molar-refractivity contribution < 1.29 is 19.1 Å². The summed E-state index contributed by atoms with van der Waals surface area (Å²) in [6.45, 7) is 4.10. The van der Waals surface area contributed by atoms with Crippen molar-refractivity contribution in [1.29, 1.82) is 0 Å². The van der Waals surface area contributed by atoms with Crippen molar-refractivity contribution in [3.05, 3.63) is 82.6 Å². The zero-order valence-electron chi connectivity index (χ0n) is 18.8. The molecule has 2 aromatic heterocycles. The van der Waals surface area contributed by atoms with Crippen molar-refractivity contribution in [2.45, 2.75) is 13.8 Å². The van der Waals surface area contributed by atoms with Gasteiger partial charge in [-0.25, -0.2) is 9.59 Å². The van der Waals surface area contributed by atoms with Crippen LogP contribution in [0.25, 0.3) is 42.4 Å². The van der Waals surface area contributed by atoms with E-state index >= 15 is 0 Å². The molecule has 5 rings (SSSR count). The molecule has 0 amide bonds. The molecule has 34 heavy (non-hydrogen) atoms. The first-order valence-electron chi connectivity index (χ1n) is 11.1. The minimum atomic E-state index is -0.418. The van der Waals surface area contributed by atoms with E-state index in [1.54, 1.807) is 48.7 Å². The molecule has 0 saturated heterocycles. The normalized spacial score (nSPS) is 11.1. The van der Waals surface area contributed by atoms with Crippen molar-refractivity contribution in [3.63, 3.8) is 0 Å². The number of hydrogen-bond donors (Lipinski definition) is 0. The van der Waals surface area contributed by atoms with E-state index in [0.29, 0.717) is 22.3 Å². The van der Waals surface area contributed by atoms with Crippen LogP contribution in [0.1, 0.15) is 34.6 Å². The van der Waals surface area contributed by atoms with Crippen LogP contribution in [-0.4, -0.2) is 25.2 Å². The molecule has 0 aliphatic rings. The van der Waals surface area contributed by atoms with Crippen LogP contribution in [0.4, 0.5) is 0 Å². The number of fused-ring (bicyclic) bond motifs is 2. The predicted molar refractivity (Wildman–Crippen MR) is 140 cm³/mol. The van der Waals surface area contributed by atoms with Gasteiger partial charge in [-0.1, -0.05) is 24.3 Å². The molecule has 0 N–H and O–H groups in total. The van der Waals surface area contributed by atoms with Crippen LogP contribution in [0.15, 0.2) is 71.4 Å². The molecule has 0 bridgehead atoms. The molecule has 5 aromatic rings. The number of hydrogen-bond acceptors (Lipinski definition) is 6. The largest absolute Gasteiger partial charge is 0.462 e. The lowest BCUT2D eigenvalue weighted by molar-refractivity contribution is 0.0513. The first kappa shape index (κ1) is 22.3. The lowest BCUT2D eigenvalue weighted by Gasteiger charge is -2.17. The van der Waals surface area contributed by atoms with Crippen molar-refractivity contribution >= 4 is 54.8 Å². The van der Waals surface area contributed by atoms with Gasteiger partial charge in [0.25, 0.3) is 0 Å². The van der Waals surface area contributed by atoms with Gasteiger partial charge in [-0.3, -0.25) is 0 Å². The third kappa shape index (κ3) is 3.89. The van der Waals surface area contributed by atoms with Crippen molar-refractivity contribution in [3.8, 4) is 22.3 Å². The summed E-state index contributed by atoms with van der Waals surface area (Å²) in [6, 6.07) is 19.6. The Morgan fingerprint density at radius 1 is 0.647 bits per heavy atom. The van der Waals surface area contributed by atoms with Gasteiger partial charge in [0, 0.05) is 20.2 Å². The lowest BCUT2D eigenvalue weighted by Crippen LogP contribution is -2.12. The fourth-order valence-corrected chi connectivity index (χ4v) is 5.88. The van der Waals surface area contributed by atoms with Gasteiger partial charge in [-0.2, -0.15) is 0 Å². The third-order valence-corrected chi connectivity index (χ3v) is 7.48. The van der Waals surface area contributed by atoms with E-state index in [1.165, 1.54) is 0 Å². The van der Waals surface area contributed by atoms with E-state index in [0.717, 1.165) is 31.3 Å². The minimum absolute atomic E-state index is 0.260. The van der Waals surface area contributed by atoms with E-state index in [2.05, 4.69) is 0 Å². The lowest BCUT2D eigenvalue weighted by atomic mass is 9.88. The van der Waals surface area contributed by atoms with E-state index in [9.17, 15) is 9.59 Å². The van der Waals surface area contributed by atoms with Crippen LogP contribution in [0.5, 0.6) is 0 Å². The van der Waals surface area contributed by atoms with Gasteiger partial charge < -0.3 is 9.47 Å². The van der Waals surface area contributed by atoms with Gasteiger partial charge in [-0.05, 0) is 83.3 Å². The first-order chi connectivity index (χ1) is 16.6. The molecule has 4 nitrogen and oxygen atoms in total. The Morgan fingerprint density at radius 2 is 1.09 bits per heavy atom. The van der Waals surface area contributed by atoms with Gasteiger partial charge >= 0.3 is 11.9 Å². The van der Waals surface area contributed by atoms with Crippen LogP contribution in [0.3, 0.4) is 0 Å². The smallest absolute Gasteiger partial charge is 0.338 e. The summed E-state index contributed by atoms with van der Waals surface area (Å²) in [5, 5.41) is 6.10. The first-order valence-corrected chi connectivity index (χ1v) is 12.8. The predicted octanol–water partition coefficient (Wildman–Crippen LogP) is 7.80. The van der Waals surface area contributed by atoms with Gasteiger partial charge in [0.2, 0.25) is 0 Å². The maximum Gasteiger partial charge on any atom is 0.338 e. The molecule has 6 heteroatoms. The van der Waals surface area contributed by atoms with Crippen LogP contribution < -0.4 is 0 Å². The molecule has 3 aromatic carbocycles. The average molecular weight is 487 g/mol. The second-order valence-corrected chi connectivity index (χ2v) is 9.56. The van der Waals surface area contributed by atoms with Gasteiger partial charge in [0.1, 0.15) is 0 Å². The maximum absolute atomic E-state index is 13.2. The Balaban J connectivity index is 1.85. The van der Waals surface area contributed by atoms with Crippen molar-refractivity contribution in [1.82, 2.24) is 0 Å². The monoisotopic (exact) mass is 486 g/mol. The standard InChI is InChI=1S/C28H22O4S2/c1-3-31-27(29)23-15-22(18-8-6-10-26-20(18)12-14-34-26)24(28(30)32-4-2)16-21(23)17-7-5-9-25-19(17)11-13-33-25/h5-16H,3-4H2,1-2H3. The SMILES string of the molecule is CCOC(=O)c1cc(-c2cccc3sccc23)c(C(=O)OCC)cc1-c1cccc2sccc12. The fourth-order valence-electron chi connectivity index (χ4n) is 4.26. The molecular weight excluding hydrogens is 464 g/mol. The van der Waals surface area contributed by atoms with E-state index in [-0.39, 0.29) is 13.2 Å². The Morgan fingerprint density at radius 3 is 1.50 bits per heavy atom. The number of carbonyl (C=O) groups excluding carboxylic acids is 2. The fraction of sp³-hybridized carbons (Fsp3) is 0.143. The van der Waals surface area contributed by atoms with Crippen LogP contribution in [0.2, 0.25) is 0 Å². The average Bonchev–Trinajstić information content (AvgIpc) is 3.53. The number of rotatable bonds is 6. The summed E-state index contributed by atoms with van der Waals surface area (Å²) in [5.41, 5.74) is 3.94. The molecule has 0 radical (unpaired) electrons. The number of esters is 2. The highest BCUT2D eigenvalue weighted by Crippen LogP contribution is 2.40. The van der Waals surface area contributed by atoms with E-state index in [1.807, 2.05) is 59.3 Å². The summed E-state index contributed by atoms with van der Waals surface area (Å²) in [6.07, 6.45) is 0. The molecule has 0 spiro atoms. The molecule has 170 valence electrons. The second-order valence-electron chi connectivity index (χ2n) is 7.66. The zero-order chi connectivity index (χ0) is 23.7. The Kier molecular flexibility index (Phi) is 6.18. The highest BCUT2D eigenvalue weighted by molar-refractivity contribution is 7.17. The summed E-state index contributed by atoms with van der Waals surface area (Å²) in [4.78, 5) is 26.4. The molecule has 0 atom stereocenters. The van der Waals surface area contributed by atoms with E-state index in [4.69, 9.17) is 9.47 Å². The Hall–Kier alpha value is -3.48. The summed E-state index contributed by atoms with van der Waals surface area (Å²) < 4.78 is 13.1. The van der Waals surface area contributed by atoms with Gasteiger partial charge in [0.05, 0.1) is 24.3 Å². The summed E-state index contributed by atoms with van der Waals surface area (Å²) >= 11 is 3.27. The topological polar surface area (TPSA) is 52.6 Å². The summed E-state index contributed by atoms with van der Waals surface area (Å²) in [7, 11) is 0. The quantitative estimate of drug-likeness (QED) is 0.230. The molecule has 2 heterocycles. The molecule has 0 aliphatic carbocycles. The molecular formula is C28H22O4S2. The molecule has 0 aliphatic heterocycles. The highest BCUT2D eigenvalue weighted by Gasteiger charge is 2.24. The highest BCUT2D eigenvalue weighted by atomic mass is 32.1. The third-order valence-electron chi connectivity index (χ3n) is 5.72. The van der Waals surface area contributed by atoms with Gasteiger partial charge in [-0.15, -0.1) is 22.7 Å². The molecule has 0 saturated carbocycles. The van der Waals surface area contributed by atoms with Gasteiger partial charge in [0.15, 0.2) is 0 Å². The number of thiophene rings is 2. The van der Waals surface area contributed by atoms with Crippen LogP contribution in [-0.2, 0) is 9.47 Å². The molecule has 0 unspecified atom stereocenters. The minimum Gasteiger partial charge on any atom is -0.462 e. The van der Waals surface area contributed by atoms with Crippen molar-refractivity contribution in [2.75, 3.05) is 13.2 Å².